The molecule has 7 nitrogen and oxygen atoms in total. The first-order valence-corrected chi connectivity index (χ1v) is 5.89. The van der Waals surface area contributed by atoms with Crippen molar-refractivity contribution < 1.29 is 38.6 Å². The van der Waals surface area contributed by atoms with Crippen LogP contribution in [0.1, 0.15) is 27.7 Å². The van der Waals surface area contributed by atoms with Crippen LogP contribution in [0, 0.1) is 0 Å². The van der Waals surface area contributed by atoms with Crippen molar-refractivity contribution in [1.82, 2.24) is 0 Å². The molecule has 0 amide bonds. The van der Waals surface area contributed by atoms with Gasteiger partial charge in [-0.2, -0.15) is 4.89 Å². The van der Waals surface area contributed by atoms with Gasteiger partial charge in [0.2, 0.25) is 5.67 Å². The SMILES string of the molecule is CCOC(=O)[C@](C)(F)[C@H](OOO)C1COC(C)(C)O1. The number of ether oxygens (including phenoxy) is 3. The number of hydrogen-bond acceptors (Lipinski definition) is 7. The first-order valence-electron chi connectivity index (χ1n) is 5.89. The standard InChI is InChI=1S/C11H19FO7/c1-5-15-9(13)11(4,12)8(18-19-14)7-6-16-10(2,3)17-7/h7-8,14H,5-6H2,1-4H3/t7?,8-,11-/m1/s1. The lowest BCUT2D eigenvalue weighted by molar-refractivity contribution is -0.517. The van der Waals surface area contributed by atoms with Crippen LogP contribution in [0.4, 0.5) is 4.39 Å². The van der Waals surface area contributed by atoms with E-state index in [0.717, 1.165) is 6.92 Å². The van der Waals surface area contributed by atoms with E-state index in [-0.39, 0.29) is 13.2 Å². The lowest BCUT2D eigenvalue weighted by Crippen LogP contribution is -2.52. The van der Waals surface area contributed by atoms with E-state index in [1.807, 2.05) is 0 Å². The van der Waals surface area contributed by atoms with Gasteiger partial charge in [0.05, 0.1) is 13.2 Å². The molecule has 1 saturated heterocycles. The quantitative estimate of drug-likeness (QED) is 0.445. The molecule has 1 rings (SSSR count). The van der Waals surface area contributed by atoms with Crippen LogP contribution in [0.15, 0.2) is 0 Å². The van der Waals surface area contributed by atoms with Gasteiger partial charge < -0.3 is 14.2 Å². The highest BCUT2D eigenvalue weighted by Crippen LogP contribution is 2.32. The predicted octanol–water partition coefficient (Wildman–Crippen LogP) is 1.22. The van der Waals surface area contributed by atoms with E-state index >= 15 is 0 Å². The molecule has 112 valence electrons. The van der Waals surface area contributed by atoms with Gasteiger partial charge in [-0.25, -0.2) is 14.4 Å². The van der Waals surface area contributed by atoms with Crippen molar-refractivity contribution in [3.05, 3.63) is 0 Å². The number of alkyl halides is 1. The highest BCUT2D eigenvalue weighted by molar-refractivity contribution is 5.79. The Morgan fingerprint density at radius 2 is 2.26 bits per heavy atom. The molecule has 0 aromatic heterocycles. The lowest BCUT2D eigenvalue weighted by atomic mass is 9.97. The predicted molar refractivity (Wildman–Crippen MR) is 59.6 cm³/mol. The molecule has 1 heterocycles. The third-order valence-corrected chi connectivity index (χ3v) is 2.72. The Kier molecular flexibility index (Phi) is 5.22. The number of rotatable bonds is 6. The summed E-state index contributed by atoms with van der Waals surface area (Å²) < 4.78 is 29.8. The Morgan fingerprint density at radius 3 is 2.68 bits per heavy atom. The Morgan fingerprint density at radius 1 is 1.63 bits per heavy atom. The fourth-order valence-electron chi connectivity index (χ4n) is 1.80. The monoisotopic (exact) mass is 282 g/mol. The molecule has 1 N–H and O–H groups in total. The summed E-state index contributed by atoms with van der Waals surface area (Å²) in [5.74, 6) is -2.07. The van der Waals surface area contributed by atoms with Crippen LogP contribution >= 0.6 is 0 Å². The fraction of sp³-hybridized carbons (Fsp3) is 0.909. The minimum atomic E-state index is -2.56. The molecule has 1 fully saturated rings. The van der Waals surface area contributed by atoms with Crippen molar-refractivity contribution >= 4 is 5.97 Å². The third-order valence-electron chi connectivity index (χ3n) is 2.72. The van der Waals surface area contributed by atoms with Crippen molar-refractivity contribution in [2.45, 2.75) is 51.4 Å². The molecule has 0 spiro atoms. The van der Waals surface area contributed by atoms with E-state index in [1.54, 1.807) is 20.8 Å². The van der Waals surface area contributed by atoms with E-state index in [0.29, 0.717) is 0 Å². The van der Waals surface area contributed by atoms with Crippen molar-refractivity contribution in [2.75, 3.05) is 13.2 Å². The van der Waals surface area contributed by atoms with Crippen molar-refractivity contribution in [3.8, 4) is 0 Å². The van der Waals surface area contributed by atoms with Crippen LogP contribution in [0.25, 0.3) is 0 Å². The maximum atomic E-state index is 14.5. The van der Waals surface area contributed by atoms with Crippen LogP contribution in [0.2, 0.25) is 0 Å². The summed E-state index contributed by atoms with van der Waals surface area (Å²) in [5, 5.41) is 11.9. The van der Waals surface area contributed by atoms with Crippen molar-refractivity contribution in [2.24, 2.45) is 0 Å². The van der Waals surface area contributed by atoms with Crippen molar-refractivity contribution in [3.63, 3.8) is 0 Å². The van der Waals surface area contributed by atoms with Gasteiger partial charge in [0.15, 0.2) is 11.9 Å². The zero-order valence-corrected chi connectivity index (χ0v) is 11.3. The molecular weight excluding hydrogens is 263 g/mol. The second-order valence-corrected chi connectivity index (χ2v) is 4.75. The Bertz CT molecular complexity index is 318. The highest BCUT2D eigenvalue weighted by atomic mass is 19.1. The molecule has 3 atom stereocenters. The van der Waals surface area contributed by atoms with Crippen LogP contribution in [0.3, 0.4) is 0 Å². The first-order chi connectivity index (χ1) is 8.74. The van der Waals surface area contributed by atoms with Crippen LogP contribution < -0.4 is 0 Å². The largest absolute Gasteiger partial charge is 0.464 e. The van der Waals surface area contributed by atoms with Gasteiger partial charge >= 0.3 is 5.97 Å². The number of carbonyl (C=O) groups is 1. The lowest BCUT2D eigenvalue weighted by Gasteiger charge is -2.30. The molecule has 0 aromatic carbocycles. The molecule has 1 unspecified atom stereocenters. The van der Waals surface area contributed by atoms with Gasteiger partial charge in [-0.15, -0.1) is 0 Å². The van der Waals surface area contributed by atoms with Crippen LogP contribution in [-0.2, 0) is 28.9 Å². The average molecular weight is 282 g/mol. The van der Waals surface area contributed by atoms with Gasteiger partial charge in [-0.05, 0) is 27.7 Å². The molecule has 19 heavy (non-hydrogen) atoms. The Balaban J connectivity index is 2.85. The smallest absolute Gasteiger partial charge is 0.346 e. The zero-order valence-electron chi connectivity index (χ0n) is 11.3. The molecule has 0 aromatic rings. The van der Waals surface area contributed by atoms with Gasteiger partial charge in [0, 0.05) is 0 Å². The molecule has 1 aliphatic rings. The topological polar surface area (TPSA) is 83.5 Å². The second kappa shape index (κ2) is 6.10. The normalized spacial score (nSPS) is 26.7. The minimum absolute atomic E-state index is 0.0125. The summed E-state index contributed by atoms with van der Waals surface area (Å²) in [7, 11) is 0. The van der Waals surface area contributed by atoms with E-state index < -0.39 is 29.6 Å². The minimum Gasteiger partial charge on any atom is -0.464 e. The summed E-state index contributed by atoms with van der Waals surface area (Å²) in [4.78, 5) is 16.0. The maximum absolute atomic E-state index is 14.5. The number of halogens is 1. The number of esters is 1. The van der Waals surface area contributed by atoms with E-state index in [2.05, 4.69) is 14.7 Å². The van der Waals surface area contributed by atoms with Gasteiger partial charge in [0.25, 0.3) is 0 Å². The molecule has 0 saturated carbocycles. The molecule has 1 aliphatic heterocycles. The summed E-state index contributed by atoms with van der Waals surface area (Å²) in [6, 6.07) is 0. The first kappa shape index (κ1) is 16.3. The molecule has 8 heteroatoms. The summed E-state index contributed by atoms with van der Waals surface area (Å²) in [6.07, 6.45) is -2.46. The maximum Gasteiger partial charge on any atom is 0.346 e. The highest BCUT2D eigenvalue weighted by Gasteiger charge is 2.53. The Hall–Kier alpha value is -0.800. The summed E-state index contributed by atoms with van der Waals surface area (Å²) >= 11 is 0. The summed E-state index contributed by atoms with van der Waals surface area (Å²) in [6.45, 7) is 5.76. The second-order valence-electron chi connectivity index (χ2n) is 4.75. The zero-order chi connectivity index (χ0) is 14.7. The number of hydrogen-bond donors (Lipinski definition) is 1. The average Bonchev–Trinajstić information content (AvgIpc) is 2.66. The molecule has 0 bridgehead atoms. The number of carbonyl (C=O) groups excluding carboxylic acids is 1. The van der Waals surface area contributed by atoms with Crippen LogP contribution in [0.5, 0.6) is 0 Å². The molecule has 0 radical (unpaired) electrons. The van der Waals surface area contributed by atoms with Gasteiger partial charge in [-0.1, -0.05) is 5.04 Å². The van der Waals surface area contributed by atoms with Gasteiger partial charge in [0.1, 0.15) is 6.10 Å². The summed E-state index contributed by atoms with van der Waals surface area (Å²) in [5.41, 5.74) is -2.56. The van der Waals surface area contributed by atoms with E-state index in [9.17, 15) is 9.18 Å². The molecular formula is C11H19FO7. The Labute approximate surface area is 110 Å². The fourth-order valence-corrected chi connectivity index (χ4v) is 1.80. The van der Waals surface area contributed by atoms with E-state index in [1.165, 1.54) is 0 Å². The van der Waals surface area contributed by atoms with Crippen LogP contribution in [-0.4, -0.2) is 48.1 Å². The van der Waals surface area contributed by atoms with Gasteiger partial charge in [-0.3, -0.25) is 0 Å². The third kappa shape index (κ3) is 3.83. The van der Waals surface area contributed by atoms with E-state index in [4.69, 9.17) is 14.7 Å². The van der Waals surface area contributed by atoms with Crippen molar-refractivity contribution in [1.29, 1.82) is 0 Å². The molecule has 0 aliphatic carbocycles.